The number of likely N-dealkylation sites (tertiary alicyclic amines) is 1. The van der Waals surface area contributed by atoms with Crippen LogP contribution in [-0.2, 0) is 9.53 Å². The van der Waals surface area contributed by atoms with Crippen molar-refractivity contribution in [1.82, 2.24) is 15.5 Å². The Balaban J connectivity index is 0.00000420. The van der Waals surface area contributed by atoms with Gasteiger partial charge in [0.05, 0.1) is 12.6 Å². The van der Waals surface area contributed by atoms with Crippen molar-refractivity contribution in [3.8, 4) is 0 Å². The van der Waals surface area contributed by atoms with Gasteiger partial charge >= 0.3 is 0 Å². The lowest BCUT2D eigenvalue weighted by Gasteiger charge is -2.32. The Kier molecular flexibility index (Phi) is 14.7. The van der Waals surface area contributed by atoms with Crippen LogP contribution in [0.5, 0.6) is 0 Å². The minimum Gasteiger partial charge on any atom is -0.378 e. The Labute approximate surface area is 194 Å². The maximum atomic E-state index is 11.0. The van der Waals surface area contributed by atoms with Crippen molar-refractivity contribution in [3.05, 3.63) is 0 Å². The van der Waals surface area contributed by atoms with Crippen LogP contribution in [0.25, 0.3) is 0 Å². The van der Waals surface area contributed by atoms with Gasteiger partial charge in [-0.05, 0) is 45.4 Å². The summed E-state index contributed by atoms with van der Waals surface area (Å²) >= 11 is 0. The number of amides is 1. The first-order valence-corrected chi connectivity index (χ1v) is 11.3. The number of aliphatic imine (C=N–C) groups is 1. The van der Waals surface area contributed by atoms with Crippen LogP contribution in [-0.4, -0.2) is 68.2 Å². The minimum atomic E-state index is -0.246. The Morgan fingerprint density at radius 3 is 2.41 bits per heavy atom. The highest BCUT2D eigenvalue weighted by molar-refractivity contribution is 14.0. The molecule has 1 aliphatic heterocycles. The number of guanidine groups is 1. The number of halogens is 1. The van der Waals surface area contributed by atoms with Gasteiger partial charge in [0.25, 0.3) is 0 Å². The number of carbonyl (C=O) groups excluding carboxylic acids is 1. The number of unbranched alkanes of at least 4 members (excludes halogenated alkanes) is 1. The summed E-state index contributed by atoms with van der Waals surface area (Å²) in [5.74, 6) is 0.657. The van der Waals surface area contributed by atoms with E-state index in [1.807, 2.05) is 0 Å². The number of primary amides is 1. The lowest BCUT2D eigenvalue weighted by atomic mass is 10.1. The van der Waals surface area contributed by atoms with Gasteiger partial charge in [-0.2, -0.15) is 0 Å². The number of nitrogens with two attached hydrogens (primary N) is 1. The third-order valence-electron chi connectivity index (χ3n) is 5.63. The molecule has 170 valence electrons. The van der Waals surface area contributed by atoms with Crippen LogP contribution in [0, 0.1) is 0 Å². The van der Waals surface area contributed by atoms with E-state index in [1.165, 1.54) is 38.5 Å². The first kappa shape index (κ1) is 26.4. The second kappa shape index (κ2) is 16.1. The molecule has 0 atom stereocenters. The van der Waals surface area contributed by atoms with Crippen molar-refractivity contribution in [3.63, 3.8) is 0 Å². The molecule has 1 heterocycles. The largest absolute Gasteiger partial charge is 0.378 e. The van der Waals surface area contributed by atoms with Crippen LogP contribution in [0.1, 0.15) is 71.1 Å². The summed E-state index contributed by atoms with van der Waals surface area (Å²) in [6.07, 6.45) is 12.5. The molecule has 1 saturated carbocycles. The van der Waals surface area contributed by atoms with E-state index in [2.05, 4.69) is 22.5 Å². The van der Waals surface area contributed by atoms with E-state index >= 15 is 0 Å². The number of piperidine rings is 1. The fourth-order valence-electron chi connectivity index (χ4n) is 4.03. The van der Waals surface area contributed by atoms with Crippen molar-refractivity contribution in [2.75, 3.05) is 39.3 Å². The van der Waals surface area contributed by atoms with Crippen LogP contribution in [0.4, 0.5) is 0 Å². The average Bonchev–Trinajstić information content (AvgIpc) is 2.94. The highest BCUT2D eigenvalue weighted by Crippen LogP contribution is 2.20. The van der Waals surface area contributed by atoms with E-state index in [1.54, 1.807) is 0 Å². The molecule has 1 aliphatic carbocycles. The highest BCUT2D eigenvalue weighted by Gasteiger charge is 2.20. The van der Waals surface area contributed by atoms with E-state index in [9.17, 15) is 4.79 Å². The molecule has 0 aromatic carbocycles. The predicted molar refractivity (Wildman–Crippen MR) is 130 cm³/mol. The SMILES string of the molecule is CCNC(=NCCCCOC1CCCCCC1)NC1CCN(CC(N)=O)CC1.I. The molecule has 0 bridgehead atoms. The summed E-state index contributed by atoms with van der Waals surface area (Å²) in [7, 11) is 0. The van der Waals surface area contributed by atoms with Gasteiger partial charge in [0.2, 0.25) is 5.91 Å². The second-order valence-corrected chi connectivity index (χ2v) is 8.11. The topological polar surface area (TPSA) is 92.0 Å². The van der Waals surface area contributed by atoms with Crippen LogP contribution >= 0.6 is 24.0 Å². The van der Waals surface area contributed by atoms with Crippen molar-refractivity contribution in [2.24, 2.45) is 10.7 Å². The van der Waals surface area contributed by atoms with E-state index < -0.39 is 0 Å². The van der Waals surface area contributed by atoms with E-state index in [-0.39, 0.29) is 29.9 Å². The zero-order valence-electron chi connectivity index (χ0n) is 18.2. The maximum Gasteiger partial charge on any atom is 0.231 e. The standard InChI is InChI=1S/C21H41N5O2.HI/c1-2-23-21(25-18-11-14-26(15-12-18)17-20(22)27)24-13-7-8-16-28-19-9-5-3-4-6-10-19;/h18-19H,2-17H2,1H3,(H2,22,27)(H2,23,24,25);1H. The fourth-order valence-corrected chi connectivity index (χ4v) is 4.03. The van der Waals surface area contributed by atoms with Crippen LogP contribution in [0.2, 0.25) is 0 Å². The van der Waals surface area contributed by atoms with Crippen LogP contribution in [0.3, 0.4) is 0 Å². The van der Waals surface area contributed by atoms with Gasteiger partial charge in [0, 0.05) is 38.8 Å². The van der Waals surface area contributed by atoms with Gasteiger partial charge in [-0.15, -0.1) is 24.0 Å². The molecule has 0 aromatic rings. The van der Waals surface area contributed by atoms with Crippen molar-refractivity contribution >= 4 is 35.8 Å². The Morgan fingerprint density at radius 1 is 1.10 bits per heavy atom. The van der Waals surface area contributed by atoms with Gasteiger partial charge in [-0.25, -0.2) is 0 Å². The summed E-state index contributed by atoms with van der Waals surface area (Å²) in [6, 6.07) is 0.403. The monoisotopic (exact) mass is 523 g/mol. The molecule has 0 aromatic heterocycles. The number of ether oxygens (including phenoxy) is 1. The molecule has 2 rings (SSSR count). The number of nitrogens with zero attached hydrogens (tertiary/aromatic N) is 2. The molecule has 4 N–H and O–H groups in total. The summed E-state index contributed by atoms with van der Waals surface area (Å²) in [5, 5.41) is 6.89. The third kappa shape index (κ3) is 12.0. The number of rotatable bonds is 10. The van der Waals surface area contributed by atoms with Crippen molar-refractivity contribution in [2.45, 2.75) is 83.3 Å². The summed E-state index contributed by atoms with van der Waals surface area (Å²) in [6.45, 7) is 6.80. The Hall–Kier alpha value is -0.610. The molecule has 1 amide bonds. The Morgan fingerprint density at radius 2 is 1.79 bits per heavy atom. The van der Waals surface area contributed by atoms with Crippen molar-refractivity contribution < 1.29 is 9.53 Å². The number of carbonyl (C=O) groups is 1. The van der Waals surface area contributed by atoms with Crippen LogP contribution < -0.4 is 16.4 Å². The smallest absolute Gasteiger partial charge is 0.231 e. The minimum absolute atomic E-state index is 0. The molecule has 8 heteroatoms. The highest BCUT2D eigenvalue weighted by atomic mass is 127. The average molecular weight is 524 g/mol. The zero-order valence-corrected chi connectivity index (χ0v) is 20.5. The number of nitrogens with one attached hydrogen (secondary N) is 2. The van der Waals surface area contributed by atoms with Gasteiger partial charge in [-0.1, -0.05) is 25.7 Å². The molecule has 7 nitrogen and oxygen atoms in total. The molecule has 29 heavy (non-hydrogen) atoms. The molecule has 1 saturated heterocycles. The molecular formula is C21H42IN5O2. The fraction of sp³-hybridized carbons (Fsp3) is 0.905. The molecule has 0 unspecified atom stereocenters. The quantitative estimate of drug-likeness (QED) is 0.135. The Bertz CT molecular complexity index is 462. The van der Waals surface area contributed by atoms with Gasteiger partial charge in [0.15, 0.2) is 5.96 Å². The predicted octanol–water partition coefficient (Wildman–Crippen LogP) is 2.63. The molecule has 0 spiro atoms. The van der Waals surface area contributed by atoms with Gasteiger partial charge in [0.1, 0.15) is 0 Å². The third-order valence-corrected chi connectivity index (χ3v) is 5.63. The number of hydrogen-bond acceptors (Lipinski definition) is 4. The summed E-state index contributed by atoms with van der Waals surface area (Å²) < 4.78 is 6.06. The van der Waals surface area contributed by atoms with Gasteiger partial charge in [-0.3, -0.25) is 14.7 Å². The zero-order chi connectivity index (χ0) is 20.0. The molecular weight excluding hydrogens is 481 g/mol. The normalized spacial score (nSPS) is 20.0. The van der Waals surface area contributed by atoms with E-state index in [0.29, 0.717) is 18.7 Å². The van der Waals surface area contributed by atoms with Crippen LogP contribution in [0.15, 0.2) is 4.99 Å². The van der Waals surface area contributed by atoms with Gasteiger partial charge < -0.3 is 21.1 Å². The lowest BCUT2D eigenvalue weighted by molar-refractivity contribution is -0.119. The van der Waals surface area contributed by atoms with E-state index in [4.69, 9.17) is 15.5 Å². The molecule has 2 aliphatic rings. The van der Waals surface area contributed by atoms with Crippen molar-refractivity contribution in [1.29, 1.82) is 0 Å². The first-order chi connectivity index (χ1) is 13.7. The number of hydrogen-bond donors (Lipinski definition) is 3. The summed E-state index contributed by atoms with van der Waals surface area (Å²) in [4.78, 5) is 17.9. The van der Waals surface area contributed by atoms with E-state index in [0.717, 1.165) is 64.4 Å². The second-order valence-electron chi connectivity index (χ2n) is 8.11. The molecule has 2 fully saturated rings. The maximum absolute atomic E-state index is 11.0. The molecule has 0 radical (unpaired) electrons. The first-order valence-electron chi connectivity index (χ1n) is 11.3. The lowest BCUT2D eigenvalue weighted by Crippen LogP contribution is -2.49. The summed E-state index contributed by atoms with van der Waals surface area (Å²) in [5.41, 5.74) is 5.28.